The fourth-order valence-electron chi connectivity index (χ4n) is 1.73. The van der Waals surface area contributed by atoms with Gasteiger partial charge in [-0.3, -0.25) is 4.90 Å². The summed E-state index contributed by atoms with van der Waals surface area (Å²) in [6.45, 7) is 7.11. The van der Waals surface area contributed by atoms with Gasteiger partial charge in [0.2, 0.25) is 0 Å². The lowest BCUT2D eigenvalue weighted by atomic mass is 10.1. The number of esters is 1. The Balaban J connectivity index is 3.24. The summed E-state index contributed by atoms with van der Waals surface area (Å²) >= 11 is 0. The van der Waals surface area contributed by atoms with Crippen molar-refractivity contribution in [2.24, 2.45) is 0 Å². The third kappa shape index (κ3) is 4.44. The normalized spacial score (nSPS) is 11.0. The Morgan fingerprint density at radius 1 is 1.29 bits per heavy atom. The minimum Gasteiger partial charge on any atom is -0.465 e. The first-order valence-electron chi connectivity index (χ1n) is 6.58. The van der Waals surface area contributed by atoms with E-state index in [0.717, 1.165) is 12.1 Å². The Morgan fingerprint density at radius 2 is 1.90 bits per heavy atom. The molecule has 0 bridgehead atoms. The number of anilines is 1. The highest BCUT2D eigenvalue weighted by Gasteiger charge is 2.26. The van der Waals surface area contributed by atoms with Crippen LogP contribution >= 0.6 is 0 Å². The van der Waals surface area contributed by atoms with Crippen molar-refractivity contribution in [3.8, 4) is 0 Å². The first-order valence-corrected chi connectivity index (χ1v) is 6.58. The summed E-state index contributed by atoms with van der Waals surface area (Å²) in [5, 5.41) is 0. The zero-order valence-corrected chi connectivity index (χ0v) is 12.9. The first-order chi connectivity index (χ1) is 9.69. The maximum atomic E-state index is 13.5. The van der Waals surface area contributed by atoms with Crippen molar-refractivity contribution in [2.75, 3.05) is 18.6 Å². The van der Waals surface area contributed by atoms with Crippen LogP contribution in [0.25, 0.3) is 0 Å². The van der Waals surface area contributed by atoms with Gasteiger partial charge in [-0.25, -0.2) is 14.0 Å². The van der Waals surface area contributed by atoms with Crippen LogP contribution in [-0.2, 0) is 9.47 Å². The molecule has 5 nitrogen and oxygen atoms in total. The van der Waals surface area contributed by atoms with Crippen LogP contribution < -0.4 is 4.90 Å². The number of hydrogen-bond donors (Lipinski definition) is 0. The van der Waals surface area contributed by atoms with E-state index in [1.165, 1.54) is 18.1 Å². The van der Waals surface area contributed by atoms with Gasteiger partial charge in [-0.15, -0.1) is 0 Å². The summed E-state index contributed by atoms with van der Waals surface area (Å²) in [7, 11) is 1.22. The van der Waals surface area contributed by atoms with Crippen LogP contribution in [0.4, 0.5) is 14.9 Å². The summed E-state index contributed by atoms with van der Waals surface area (Å²) < 4.78 is 23.4. The molecule has 1 aromatic carbocycles. The number of ether oxygens (including phenoxy) is 2. The number of hydrogen-bond acceptors (Lipinski definition) is 4. The lowest BCUT2D eigenvalue weighted by Crippen LogP contribution is -2.37. The maximum absolute atomic E-state index is 13.5. The minimum atomic E-state index is -0.691. The second-order valence-corrected chi connectivity index (χ2v) is 5.38. The van der Waals surface area contributed by atoms with Gasteiger partial charge in [0.15, 0.2) is 0 Å². The average Bonchev–Trinajstić information content (AvgIpc) is 2.37. The van der Waals surface area contributed by atoms with E-state index in [4.69, 9.17) is 4.74 Å². The molecule has 1 aromatic rings. The van der Waals surface area contributed by atoms with Crippen LogP contribution in [0.15, 0.2) is 18.2 Å². The molecule has 0 radical (unpaired) electrons. The van der Waals surface area contributed by atoms with Gasteiger partial charge < -0.3 is 9.47 Å². The molecular formula is C15H20FNO4. The predicted octanol–water partition coefficient (Wildman–Crippen LogP) is 3.37. The van der Waals surface area contributed by atoms with Gasteiger partial charge in [0.25, 0.3) is 0 Å². The van der Waals surface area contributed by atoms with Gasteiger partial charge in [0.1, 0.15) is 11.4 Å². The van der Waals surface area contributed by atoms with Gasteiger partial charge in [-0.05, 0) is 45.9 Å². The lowest BCUT2D eigenvalue weighted by molar-refractivity contribution is 0.0580. The van der Waals surface area contributed by atoms with Crippen LogP contribution in [0.5, 0.6) is 0 Å². The SMILES string of the molecule is CCN(C(=O)OC(C)(C)C)c1cc(F)ccc1C(=O)OC. The van der Waals surface area contributed by atoms with Crippen molar-refractivity contribution in [3.05, 3.63) is 29.6 Å². The number of methoxy groups -OCH3 is 1. The van der Waals surface area contributed by atoms with Crippen molar-refractivity contribution in [1.82, 2.24) is 0 Å². The van der Waals surface area contributed by atoms with Crippen molar-refractivity contribution < 1.29 is 23.5 Å². The van der Waals surface area contributed by atoms with Gasteiger partial charge in [-0.2, -0.15) is 0 Å². The van der Waals surface area contributed by atoms with E-state index in [2.05, 4.69) is 4.74 Å². The highest BCUT2D eigenvalue weighted by molar-refractivity contribution is 6.00. The molecule has 0 aliphatic rings. The molecule has 0 spiro atoms. The largest absolute Gasteiger partial charge is 0.465 e. The topological polar surface area (TPSA) is 55.8 Å². The molecule has 116 valence electrons. The van der Waals surface area contributed by atoms with E-state index in [-0.39, 0.29) is 17.8 Å². The minimum absolute atomic E-state index is 0.103. The summed E-state index contributed by atoms with van der Waals surface area (Å²) in [5.41, 5.74) is -0.464. The monoisotopic (exact) mass is 297 g/mol. The first kappa shape index (κ1) is 16.9. The Bertz CT molecular complexity index is 537. The Labute approximate surface area is 123 Å². The molecule has 0 atom stereocenters. The molecule has 0 unspecified atom stereocenters. The Hall–Kier alpha value is -2.11. The van der Waals surface area contributed by atoms with Crippen LogP contribution in [0.2, 0.25) is 0 Å². The molecule has 0 N–H and O–H groups in total. The fourth-order valence-corrected chi connectivity index (χ4v) is 1.73. The molecular weight excluding hydrogens is 277 g/mol. The summed E-state index contributed by atoms with van der Waals surface area (Å²) in [4.78, 5) is 25.1. The molecule has 6 heteroatoms. The molecule has 1 rings (SSSR count). The summed E-state index contributed by atoms with van der Waals surface area (Å²) in [5.74, 6) is -1.20. The third-order valence-electron chi connectivity index (χ3n) is 2.59. The second-order valence-electron chi connectivity index (χ2n) is 5.38. The van der Waals surface area contributed by atoms with Crippen LogP contribution in [-0.4, -0.2) is 31.3 Å². The number of carbonyl (C=O) groups excluding carboxylic acids is 2. The molecule has 0 aliphatic carbocycles. The van der Waals surface area contributed by atoms with E-state index in [1.807, 2.05) is 0 Å². The van der Waals surface area contributed by atoms with Crippen molar-refractivity contribution in [1.29, 1.82) is 0 Å². The number of carbonyl (C=O) groups is 2. The zero-order valence-electron chi connectivity index (χ0n) is 12.9. The molecule has 0 aliphatic heterocycles. The quantitative estimate of drug-likeness (QED) is 0.803. The van der Waals surface area contributed by atoms with Crippen LogP contribution in [0.3, 0.4) is 0 Å². The van der Waals surface area contributed by atoms with Crippen molar-refractivity contribution >= 4 is 17.7 Å². The average molecular weight is 297 g/mol. The van der Waals surface area contributed by atoms with Crippen molar-refractivity contribution in [3.63, 3.8) is 0 Å². The summed E-state index contributed by atoms with van der Waals surface area (Å²) in [6.07, 6.45) is -0.652. The molecule has 1 amide bonds. The smallest absolute Gasteiger partial charge is 0.414 e. The van der Waals surface area contributed by atoms with E-state index >= 15 is 0 Å². The zero-order chi connectivity index (χ0) is 16.2. The fraction of sp³-hybridized carbons (Fsp3) is 0.467. The Kier molecular flexibility index (Phi) is 5.29. The van der Waals surface area contributed by atoms with Crippen LogP contribution in [0.1, 0.15) is 38.1 Å². The molecule has 21 heavy (non-hydrogen) atoms. The van der Waals surface area contributed by atoms with E-state index in [1.54, 1.807) is 27.7 Å². The molecule has 0 heterocycles. The summed E-state index contributed by atoms with van der Waals surface area (Å²) in [6, 6.07) is 3.53. The highest BCUT2D eigenvalue weighted by Crippen LogP contribution is 2.24. The van der Waals surface area contributed by atoms with Gasteiger partial charge >= 0.3 is 12.1 Å². The van der Waals surface area contributed by atoms with E-state index < -0.39 is 23.5 Å². The van der Waals surface area contributed by atoms with Gasteiger partial charge in [0, 0.05) is 6.54 Å². The predicted molar refractivity (Wildman–Crippen MR) is 77.0 cm³/mol. The second kappa shape index (κ2) is 6.56. The standard InChI is InChI=1S/C15H20FNO4/c1-6-17(14(19)21-15(2,3)4)12-9-10(16)7-8-11(12)13(18)20-5/h7-9H,6H2,1-5H3. The Morgan fingerprint density at radius 3 is 2.38 bits per heavy atom. The molecule has 0 aromatic heterocycles. The van der Waals surface area contributed by atoms with Crippen LogP contribution in [0, 0.1) is 5.82 Å². The van der Waals surface area contributed by atoms with Gasteiger partial charge in [-0.1, -0.05) is 0 Å². The van der Waals surface area contributed by atoms with E-state index in [9.17, 15) is 14.0 Å². The molecule has 0 saturated heterocycles. The van der Waals surface area contributed by atoms with Gasteiger partial charge in [0.05, 0.1) is 18.4 Å². The number of benzene rings is 1. The van der Waals surface area contributed by atoms with Crippen molar-refractivity contribution in [2.45, 2.75) is 33.3 Å². The molecule has 0 fully saturated rings. The third-order valence-corrected chi connectivity index (χ3v) is 2.59. The maximum Gasteiger partial charge on any atom is 0.414 e. The number of halogens is 1. The van der Waals surface area contributed by atoms with E-state index in [0.29, 0.717) is 0 Å². The molecule has 0 saturated carbocycles. The highest BCUT2D eigenvalue weighted by atomic mass is 19.1. The number of rotatable bonds is 3. The number of nitrogens with zero attached hydrogens (tertiary/aromatic N) is 1. The number of amides is 1. The lowest BCUT2D eigenvalue weighted by Gasteiger charge is -2.27.